The summed E-state index contributed by atoms with van der Waals surface area (Å²) in [7, 11) is 0. The van der Waals surface area contributed by atoms with Gasteiger partial charge in [-0.15, -0.1) is 0 Å². The maximum absolute atomic E-state index is 8.00. The zero-order chi connectivity index (χ0) is 15.8. The number of aromatic nitrogens is 4. The molecule has 0 radical (unpaired) electrons. The molecule has 0 amide bonds. The highest BCUT2D eigenvalue weighted by Gasteiger charge is 2.36. The first-order valence-corrected chi connectivity index (χ1v) is 6.30. The van der Waals surface area contributed by atoms with Crippen molar-refractivity contribution in [3.05, 3.63) is 42.5 Å². The van der Waals surface area contributed by atoms with Gasteiger partial charge in [0.05, 0.1) is 28.2 Å². The van der Waals surface area contributed by atoms with Crippen molar-refractivity contribution < 1.29 is 13.1 Å². The van der Waals surface area contributed by atoms with Gasteiger partial charge in [0.1, 0.15) is 6.54 Å². The van der Waals surface area contributed by atoms with Crippen LogP contribution in [0.3, 0.4) is 0 Å². The molecule has 0 aromatic carbocycles. The summed E-state index contributed by atoms with van der Waals surface area (Å²) in [6.07, 6.45) is 6.67. The number of hydrogen-bond donors (Lipinski definition) is 0. The lowest BCUT2D eigenvalue weighted by Crippen LogP contribution is -2.31. The highest BCUT2D eigenvalue weighted by molar-refractivity contribution is 6.01. The van der Waals surface area contributed by atoms with E-state index < -0.39 is 6.98 Å². The second-order valence-electron chi connectivity index (χ2n) is 4.91. The Bertz CT molecular complexity index is 1090. The first kappa shape index (κ1) is 7.79. The Morgan fingerprint density at radius 3 is 3.15 bits per heavy atom. The third-order valence-electron chi connectivity index (χ3n) is 3.87. The first-order chi connectivity index (χ1) is 11.1. The number of pyridine rings is 2. The number of furan rings is 1. The Labute approximate surface area is 118 Å². The predicted molar refractivity (Wildman–Crippen MR) is 73.0 cm³/mol. The predicted octanol–water partition coefficient (Wildman–Crippen LogP) is 2.03. The van der Waals surface area contributed by atoms with E-state index in [4.69, 9.17) is 8.53 Å². The maximum atomic E-state index is 8.00. The molecule has 0 fully saturated rings. The van der Waals surface area contributed by atoms with Crippen LogP contribution in [-0.2, 0) is 13.5 Å². The van der Waals surface area contributed by atoms with Crippen LogP contribution in [0.4, 0.5) is 0 Å². The highest BCUT2D eigenvalue weighted by Crippen LogP contribution is 2.34. The minimum absolute atomic E-state index is 0.551. The largest absolute Gasteiger partial charge is 0.417 e. The van der Waals surface area contributed by atoms with E-state index in [0.29, 0.717) is 29.2 Å². The molecule has 0 atom stereocenters. The Balaban J connectivity index is 2.01. The molecule has 5 rings (SSSR count). The summed E-state index contributed by atoms with van der Waals surface area (Å²) >= 11 is 0. The molecule has 96 valence electrons. The highest BCUT2D eigenvalue weighted by atomic mass is 16.3. The summed E-state index contributed by atoms with van der Waals surface area (Å²) < 4.78 is 33.2. The molecule has 1 aliphatic rings. The van der Waals surface area contributed by atoms with Crippen molar-refractivity contribution in [2.24, 2.45) is 6.98 Å². The molecule has 4 aromatic rings. The van der Waals surface area contributed by atoms with Crippen molar-refractivity contribution in [2.75, 3.05) is 0 Å². The Kier molecular flexibility index (Phi) is 1.27. The second-order valence-corrected chi connectivity index (χ2v) is 4.91. The first-order valence-electron chi connectivity index (χ1n) is 7.80. The van der Waals surface area contributed by atoms with Crippen molar-refractivity contribution in [3.63, 3.8) is 0 Å². The van der Waals surface area contributed by atoms with Gasteiger partial charge in [0, 0.05) is 24.2 Å². The Morgan fingerprint density at radius 1 is 1.30 bits per heavy atom. The number of imidazole rings is 1. The van der Waals surface area contributed by atoms with Gasteiger partial charge in [0.25, 0.3) is 5.82 Å². The lowest BCUT2D eigenvalue weighted by atomic mass is 10.2. The van der Waals surface area contributed by atoms with Crippen molar-refractivity contribution in [2.45, 2.75) is 6.54 Å². The molecule has 20 heavy (non-hydrogen) atoms. The van der Waals surface area contributed by atoms with Gasteiger partial charge in [0.2, 0.25) is 5.52 Å². The molecule has 0 spiro atoms. The molecule has 0 aliphatic carbocycles. The van der Waals surface area contributed by atoms with Gasteiger partial charge in [-0.3, -0.25) is 9.97 Å². The van der Waals surface area contributed by atoms with Gasteiger partial charge in [0.15, 0.2) is 5.58 Å². The van der Waals surface area contributed by atoms with Gasteiger partial charge >= 0.3 is 5.71 Å². The van der Waals surface area contributed by atoms with Crippen LogP contribution < -0.4 is 4.57 Å². The minimum atomic E-state index is -2.32. The van der Waals surface area contributed by atoms with E-state index in [1.54, 1.807) is 30.9 Å². The number of aryl methyl sites for hydroxylation is 1. The van der Waals surface area contributed by atoms with Gasteiger partial charge in [-0.25, -0.2) is 4.57 Å². The summed E-state index contributed by atoms with van der Waals surface area (Å²) in [4.78, 5) is 8.19. The van der Waals surface area contributed by atoms with Crippen LogP contribution in [0, 0.1) is 0 Å². The number of fused-ring (bicyclic) bond motifs is 7. The third kappa shape index (κ3) is 1.02. The smallest absolute Gasteiger partial charge is 0.339 e. The molecule has 5 nitrogen and oxygen atoms in total. The number of hydrogen-bond acceptors (Lipinski definition) is 3. The molecular formula is C15H11N4O+. The molecule has 5 heterocycles. The van der Waals surface area contributed by atoms with E-state index in [-0.39, 0.29) is 0 Å². The third-order valence-corrected chi connectivity index (χ3v) is 3.87. The molecule has 4 aromatic heterocycles. The van der Waals surface area contributed by atoms with Crippen LogP contribution in [0.25, 0.3) is 33.6 Å². The second kappa shape index (κ2) is 3.25. The van der Waals surface area contributed by atoms with Gasteiger partial charge in [-0.2, -0.15) is 4.57 Å². The molecule has 0 unspecified atom stereocenters. The molecule has 0 N–H and O–H groups in total. The molecule has 0 saturated carbocycles. The average molecular weight is 266 g/mol. The van der Waals surface area contributed by atoms with E-state index in [1.807, 2.05) is 10.6 Å². The fourth-order valence-corrected chi connectivity index (χ4v) is 2.99. The lowest BCUT2D eigenvalue weighted by molar-refractivity contribution is -0.652. The van der Waals surface area contributed by atoms with E-state index in [1.165, 1.54) is 4.57 Å². The Hall–Kier alpha value is -2.69. The minimum Gasteiger partial charge on any atom is -0.417 e. The van der Waals surface area contributed by atoms with Crippen molar-refractivity contribution in [3.8, 4) is 11.4 Å². The van der Waals surface area contributed by atoms with E-state index in [2.05, 4.69) is 9.97 Å². The number of nitrogens with zero attached hydrogens (tertiary/aromatic N) is 4. The molecule has 1 aliphatic heterocycles. The lowest BCUT2D eigenvalue weighted by Gasteiger charge is -1.94. The van der Waals surface area contributed by atoms with Crippen LogP contribution in [-0.4, -0.2) is 14.5 Å². The standard InChI is InChI=1S/C15H11N4O/c1-18-13-10-3-5-17-7-12(10)20-15(13)19-8-9-2-4-16-6-11(9)14(18)19/h2-7H,8H2,1H3/q+1/i1D3. The topological polar surface area (TPSA) is 47.7 Å². The van der Waals surface area contributed by atoms with Gasteiger partial charge < -0.3 is 4.42 Å². The Morgan fingerprint density at radius 2 is 2.20 bits per heavy atom. The molecule has 0 saturated heterocycles. The van der Waals surface area contributed by atoms with Gasteiger partial charge in [-0.1, -0.05) is 0 Å². The van der Waals surface area contributed by atoms with Gasteiger partial charge in [-0.05, 0) is 12.1 Å². The van der Waals surface area contributed by atoms with E-state index in [9.17, 15) is 0 Å². The summed E-state index contributed by atoms with van der Waals surface area (Å²) in [6.45, 7) is -1.75. The SMILES string of the molecule is [2H]C([2H])([2H])n1c2[n+](c3oc4cnccc4c31)Cc1ccncc1-2. The average Bonchev–Trinajstić information content (AvgIpc) is 3.13. The summed E-state index contributed by atoms with van der Waals surface area (Å²) in [5.74, 6) is 0.612. The van der Waals surface area contributed by atoms with Crippen LogP contribution in [0.1, 0.15) is 9.68 Å². The normalized spacial score (nSPS) is 15.9. The van der Waals surface area contributed by atoms with E-state index >= 15 is 0 Å². The van der Waals surface area contributed by atoms with Crippen LogP contribution in [0.5, 0.6) is 0 Å². The monoisotopic (exact) mass is 266 g/mol. The fraction of sp³-hybridized carbons (Fsp3) is 0.133. The van der Waals surface area contributed by atoms with Crippen LogP contribution in [0.2, 0.25) is 0 Å². The summed E-state index contributed by atoms with van der Waals surface area (Å²) in [5.41, 5.74) is 3.58. The fourth-order valence-electron chi connectivity index (χ4n) is 2.99. The molecular weight excluding hydrogens is 252 g/mol. The zero-order valence-corrected chi connectivity index (χ0v) is 10.4. The maximum Gasteiger partial charge on any atom is 0.339 e. The zero-order valence-electron chi connectivity index (χ0n) is 13.4. The quantitative estimate of drug-likeness (QED) is 0.403. The van der Waals surface area contributed by atoms with Crippen molar-refractivity contribution in [1.29, 1.82) is 0 Å². The van der Waals surface area contributed by atoms with E-state index in [0.717, 1.165) is 16.5 Å². The molecule has 0 bridgehead atoms. The van der Waals surface area contributed by atoms with Crippen LogP contribution >= 0.6 is 0 Å². The molecule has 5 heteroatoms. The summed E-state index contributed by atoms with van der Waals surface area (Å²) in [6, 6.07) is 3.69. The van der Waals surface area contributed by atoms with Crippen molar-refractivity contribution in [1.82, 2.24) is 14.5 Å². The number of rotatable bonds is 0. The van der Waals surface area contributed by atoms with Crippen molar-refractivity contribution >= 4 is 22.2 Å². The van der Waals surface area contributed by atoms with Crippen LogP contribution in [0.15, 0.2) is 41.3 Å². The summed E-state index contributed by atoms with van der Waals surface area (Å²) in [5, 5.41) is 0.749.